The van der Waals surface area contributed by atoms with Gasteiger partial charge in [-0.3, -0.25) is 4.79 Å². The molecule has 154 valence electrons. The van der Waals surface area contributed by atoms with Gasteiger partial charge in [0.1, 0.15) is 5.82 Å². The molecule has 0 fully saturated rings. The van der Waals surface area contributed by atoms with Crippen LogP contribution in [-0.2, 0) is 22.4 Å². The summed E-state index contributed by atoms with van der Waals surface area (Å²) >= 11 is 0. The third-order valence-corrected chi connectivity index (χ3v) is 4.69. The summed E-state index contributed by atoms with van der Waals surface area (Å²) in [5.41, 5.74) is 1.97. The number of Topliss-reactive ketones (excluding diaryl/α,β-unsaturated/α-hetero) is 1. The van der Waals surface area contributed by atoms with E-state index in [1.807, 2.05) is 12.1 Å². The van der Waals surface area contributed by atoms with Gasteiger partial charge >= 0.3 is 0 Å². The molecule has 0 aliphatic rings. The number of nitrogens with zero attached hydrogens (tertiary/aromatic N) is 1. The lowest BCUT2D eigenvalue weighted by atomic mass is 10.0. The van der Waals surface area contributed by atoms with E-state index in [1.54, 1.807) is 26.0 Å². The quantitative estimate of drug-likeness (QED) is 0.202. The van der Waals surface area contributed by atoms with Crippen LogP contribution in [0.4, 0.5) is 4.39 Å². The zero-order valence-electron chi connectivity index (χ0n) is 17.6. The smallest absolute Gasteiger partial charge is 0.214 e. The van der Waals surface area contributed by atoms with Crippen molar-refractivity contribution in [2.24, 2.45) is 4.99 Å². The number of aryl methyl sites for hydroxylation is 2. The van der Waals surface area contributed by atoms with E-state index < -0.39 is 0 Å². The Morgan fingerprint density at radius 3 is 2.54 bits per heavy atom. The van der Waals surface area contributed by atoms with Gasteiger partial charge < -0.3 is 4.74 Å². The Bertz CT molecular complexity index is 692. The third-order valence-electron chi connectivity index (χ3n) is 4.69. The number of halogens is 1. The molecule has 3 nitrogen and oxygen atoms in total. The van der Waals surface area contributed by atoms with Gasteiger partial charge in [-0.15, -0.1) is 0 Å². The zero-order chi connectivity index (χ0) is 20.8. The highest BCUT2D eigenvalue weighted by molar-refractivity contribution is 6.39. The molecule has 28 heavy (non-hydrogen) atoms. The van der Waals surface area contributed by atoms with Gasteiger partial charge in [0.15, 0.2) is 5.78 Å². The summed E-state index contributed by atoms with van der Waals surface area (Å²) in [6.45, 7) is 9.11. The lowest BCUT2D eigenvalue weighted by Gasteiger charge is -2.07. The topological polar surface area (TPSA) is 38.7 Å². The summed E-state index contributed by atoms with van der Waals surface area (Å²) in [5, 5.41) is 0. The van der Waals surface area contributed by atoms with Crippen molar-refractivity contribution in [3.8, 4) is 0 Å². The fraction of sp³-hybridized carbons (Fsp3) is 0.500. The Kier molecular flexibility index (Phi) is 11.8. The van der Waals surface area contributed by atoms with Crippen LogP contribution < -0.4 is 0 Å². The number of hydrogen-bond acceptors (Lipinski definition) is 3. The van der Waals surface area contributed by atoms with Crippen molar-refractivity contribution in [1.29, 1.82) is 0 Å². The van der Waals surface area contributed by atoms with Crippen molar-refractivity contribution in [2.75, 3.05) is 0 Å². The van der Waals surface area contributed by atoms with E-state index in [1.165, 1.54) is 31.9 Å². The van der Waals surface area contributed by atoms with E-state index in [0.29, 0.717) is 18.0 Å². The molecule has 0 aliphatic heterocycles. The summed E-state index contributed by atoms with van der Waals surface area (Å²) in [5.74, 6) is 0.0917. The number of benzene rings is 1. The van der Waals surface area contributed by atoms with E-state index in [0.717, 1.165) is 30.4 Å². The third kappa shape index (κ3) is 9.12. The van der Waals surface area contributed by atoms with Gasteiger partial charge in [-0.1, -0.05) is 57.7 Å². The largest absolute Gasteiger partial charge is 0.448 e. The predicted molar refractivity (Wildman–Crippen MR) is 115 cm³/mol. The first-order chi connectivity index (χ1) is 13.5. The predicted octanol–water partition coefficient (Wildman–Crippen LogP) is 6.71. The molecule has 0 heterocycles. The van der Waals surface area contributed by atoms with Crippen molar-refractivity contribution in [3.63, 3.8) is 0 Å². The lowest BCUT2D eigenvalue weighted by Crippen LogP contribution is -2.11. The van der Waals surface area contributed by atoms with Gasteiger partial charge in [0.25, 0.3) is 0 Å². The van der Waals surface area contributed by atoms with E-state index in [-0.39, 0.29) is 18.0 Å². The molecule has 4 heteroatoms. The Morgan fingerprint density at radius 2 is 1.89 bits per heavy atom. The Labute approximate surface area is 169 Å². The second-order valence-corrected chi connectivity index (χ2v) is 6.98. The first-order valence-electron chi connectivity index (χ1n) is 10.3. The van der Waals surface area contributed by atoms with Gasteiger partial charge in [-0.2, -0.15) is 0 Å². The molecule has 0 unspecified atom stereocenters. The maximum atomic E-state index is 14.3. The Balaban J connectivity index is 2.50. The number of rotatable bonds is 14. The van der Waals surface area contributed by atoms with E-state index in [2.05, 4.69) is 18.5 Å². The van der Waals surface area contributed by atoms with Crippen molar-refractivity contribution >= 4 is 11.5 Å². The Morgan fingerprint density at radius 1 is 1.18 bits per heavy atom. The van der Waals surface area contributed by atoms with Crippen LogP contribution >= 0.6 is 0 Å². The number of aliphatic imine (C=N–C) groups is 1. The highest BCUT2D eigenvalue weighted by Crippen LogP contribution is 2.16. The number of hydrogen-bond donors (Lipinski definition) is 0. The van der Waals surface area contributed by atoms with Crippen LogP contribution in [0.3, 0.4) is 0 Å². The van der Waals surface area contributed by atoms with Crippen LogP contribution in [0.25, 0.3) is 0 Å². The van der Waals surface area contributed by atoms with E-state index in [4.69, 9.17) is 4.74 Å². The highest BCUT2D eigenvalue weighted by atomic mass is 19.1. The van der Waals surface area contributed by atoms with Crippen LogP contribution in [0.1, 0.15) is 76.8 Å². The molecule has 0 atom stereocenters. The van der Waals surface area contributed by atoms with Crippen LogP contribution in [0.5, 0.6) is 0 Å². The van der Waals surface area contributed by atoms with Gasteiger partial charge in [0, 0.05) is 6.42 Å². The number of ether oxygens (including phenoxy) is 1. The number of unbranched alkanes of at least 4 members (excludes halogenated alkanes) is 5. The highest BCUT2D eigenvalue weighted by Gasteiger charge is 2.10. The van der Waals surface area contributed by atoms with E-state index >= 15 is 0 Å². The molecule has 0 amide bonds. The molecular weight excluding hydrogens is 353 g/mol. The standard InChI is InChI=1S/C24H34FNO2/c1-5-8-9-10-11-12-13-21-16-14-20(18-22(21)25)15-17-23(27)19(4)26-24(6-2)28-7-3/h6-7,14,16,18H,3,5,8-13,15,17H2,1-2,4H3/b24-6+,26-19+. The molecule has 0 saturated carbocycles. The van der Waals surface area contributed by atoms with E-state index in [9.17, 15) is 9.18 Å². The lowest BCUT2D eigenvalue weighted by molar-refractivity contribution is -0.113. The Hall–Kier alpha value is -2.23. The number of carbonyl (C=O) groups excluding carboxylic acids is 1. The van der Waals surface area contributed by atoms with Crippen LogP contribution in [0.2, 0.25) is 0 Å². The summed E-state index contributed by atoms with van der Waals surface area (Å²) in [6.07, 6.45) is 11.7. The maximum absolute atomic E-state index is 14.3. The zero-order valence-corrected chi connectivity index (χ0v) is 17.6. The molecule has 1 aromatic carbocycles. The molecule has 0 aromatic heterocycles. The molecular formula is C24H34FNO2. The molecule has 0 spiro atoms. The van der Waals surface area contributed by atoms with Crippen molar-refractivity contribution in [3.05, 3.63) is 59.9 Å². The number of allylic oxidation sites excluding steroid dienone is 1. The van der Waals surface area contributed by atoms with Crippen LogP contribution in [0.15, 0.2) is 48.0 Å². The van der Waals surface area contributed by atoms with Crippen LogP contribution in [-0.4, -0.2) is 11.5 Å². The van der Waals surface area contributed by atoms with Crippen LogP contribution in [0, 0.1) is 5.82 Å². The summed E-state index contributed by atoms with van der Waals surface area (Å²) in [4.78, 5) is 16.4. The fourth-order valence-electron chi connectivity index (χ4n) is 2.96. The van der Waals surface area contributed by atoms with Crippen molar-refractivity contribution < 1.29 is 13.9 Å². The minimum atomic E-state index is -0.167. The first kappa shape index (κ1) is 23.8. The summed E-state index contributed by atoms with van der Waals surface area (Å²) in [6, 6.07) is 5.34. The normalized spacial score (nSPS) is 12.1. The average Bonchev–Trinajstić information content (AvgIpc) is 2.69. The fourth-order valence-corrected chi connectivity index (χ4v) is 2.96. The average molecular weight is 388 g/mol. The van der Waals surface area contributed by atoms with Gasteiger partial charge in [-0.25, -0.2) is 9.38 Å². The van der Waals surface area contributed by atoms with Crippen molar-refractivity contribution in [2.45, 2.75) is 78.6 Å². The molecule has 0 bridgehead atoms. The molecule has 0 N–H and O–H groups in total. The molecule has 0 radical (unpaired) electrons. The number of ketones is 1. The monoisotopic (exact) mass is 387 g/mol. The minimum absolute atomic E-state index is 0.0800. The van der Waals surface area contributed by atoms with Gasteiger partial charge in [0.05, 0.1) is 12.0 Å². The first-order valence-corrected chi connectivity index (χ1v) is 10.3. The number of carbonyl (C=O) groups is 1. The molecule has 0 saturated heterocycles. The minimum Gasteiger partial charge on any atom is -0.448 e. The van der Waals surface area contributed by atoms with Gasteiger partial charge in [0.2, 0.25) is 5.88 Å². The summed E-state index contributed by atoms with van der Waals surface area (Å²) < 4.78 is 19.4. The van der Waals surface area contributed by atoms with Crippen molar-refractivity contribution in [1.82, 2.24) is 0 Å². The summed E-state index contributed by atoms with van der Waals surface area (Å²) in [7, 11) is 0. The molecule has 1 rings (SSSR count). The second kappa shape index (κ2) is 13.9. The molecule has 1 aromatic rings. The van der Waals surface area contributed by atoms with Gasteiger partial charge in [-0.05, 0) is 56.4 Å². The molecule has 0 aliphatic carbocycles. The second-order valence-electron chi connectivity index (χ2n) is 6.98. The maximum Gasteiger partial charge on any atom is 0.214 e. The SMILES string of the molecule is C=COC(=C/C)/N=C(\C)C(=O)CCc1ccc(CCCCCCCC)c(F)c1.